The number of aliphatic hydroxyl groups excluding tert-OH is 1. The number of alkyl carbamates (subject to hydrolysis) is 1. The number of guanidine groups is 1. The molecule has 3 N–H and O–H groups in total. The molecule has 21 heavy (non-hydrogen) atoms. The molecule has 0 spiro atoms. The molecule has 0 unspecified atom stereocenters. The Morgan fingerprint density at radius 3 is 2.00 bits per heavy atom. The van der Waals surface area contributed by atoms with E-state index in [4.69, 9.17) is 14.6 Å². The monoisotopic (exact) mass is 303 g/mol. The Bertz CT molecular complexity index is 394. The van der Waals surface area contributed by atoms with Crippen molar-refractivity contribution in [2.24, 2.45) is 4.99 Å². The number of carbonyl (C=O) groups excluding carboxylic acids is 2. The molecular formula is C13H25N3O5. The lowest BCUT2D eigenvalue weighted by molar-refractivity contribution is 0.0560. The Morgan fingerprint density at radius 1 is 1.05 bits per heavy atom. The van der Waals surface area contributed by atoms with Crippen molar-refractivity contribution in [3.8, 4) is 0 Å². The van der Waals surface area contributed by atoms with Gasteiger partial charge in [0, 0.05) is 6.54 Å². The molecule has 8 nitrogen and oxygen atoms in total. The summed E-state index contributed by atoms with van der Waals surface area (Å²) in [5.74, 6) is -0.146. The highest BCUT2D eigenvalue weighted by Crippen LogP contribution is 2.08. The first-order valence-electron chi connectivity index (χ1n) is 6.59. The predicted molar refractivity (Wildman–Crippen MR) is 78.1 cm³/mol. The highest BCUT2D eigenvalue weighted by atomic mass is 16.6. The molecule has 0 radical (unpaired) electrons. The lowest BCUT2D eigenvalue weighted by atomic mass is 10.2. The number of nitrogens with zero attached hydrogens (tertiary/aromatic N) is 1. The summed E-state index contributed by atoms with van der Waals surface area (Å²) in [5, 5.41) is 13.7. The van der Waals surface area contributed by atoms with Gasteiger partial charge in [0.1, 0.15) is 11.2 Å². The zero-order chi connectivity index (χ0) is 16.7. The topological polar surface area (TPSA) is 109 Å². The minimum atomic E-state index is -0.862. The average molecular weight is 303 g/mol. The molecule has 0 aromatic rings. The second-order valence-electron chi connectivity index (χ2n) is 6.22. The standard InChI is InChI=1S/C13H25N3O5/c1-12(2,3)20-10(18)15-9(14-7-8-17)16-11(19)21-13(4,5)6/h17H,7-8H2,1-6H3,(H2,14,15,16,18,19). The summed E-state index contributed by atoms with van der Waals surface area (Å²) < 4.78 is 10.1. The van der Waals surface area contributed by atoms with Crippen LogP contribution in [0, 0.1) is 0 Å². The molecule has 0 rings (SSSR count). The molecule has 0 aromatic carbocycles. The summed E-state index contributed by atoms with van der Waals surface area (Å²) in [6.07, 6.45) is -1.63. The van der Waals surface area contributed by atoms with Gasteiger partial charge in [-0.15, -0.1) is 4.99 Å². The molecular weight excluding hydrogens is 278 g/mol. The van der Waals surface area contributed by atoms with Crippen LogP contribution < -0.4 is 10.6 Å². The van der Waals surface area contributed by atoms with Crippen molar-refractivity contribution in [1.29, 1.82) is 0 Å². The second kappa shape index (κ2) is 7.82. The van der Waals surface area contributed by atoms with E-state index in [1.165, 1.54) is 0 Å². The third kappa shape index (κ3) is 11.7. The van der Waals surface area contributed by atoms with Crippen molar-refractivity contribution in [2.45, 2.75) is 52.7 Å². The summed E-state index contributed by atoms with van der Waals surface area (Å²) in [6, 6.07) is 0. The van der Waals surface area contributed by atoms with Gasteiger partial charge < -0.3 is 19.9 Å². The molecule has 0 atom stereocenters. The fourth-order valence-electron chi connectivity index (χ4n) is 1.06. The van der Waals surface area contributed by atoms with Gasteiger partial charge in [-0.25, -0.2) is 9.59 Å². The number of hydrogen-bond acceptors (Lipinski definition) is 5. The maximum absolute atomic E-state index is 11.6. The van der Waals surface area contributed by atoms with Crippen LogP contribution in [0.2, 0.25) is 0 Å². The van der Waals surface area contributed by atoms with Crippen LogP contribution in [0.4, 0.5) is 9.59 Å². The Kier molecular flexibility index (Phi) is 7.14. The van der Waals surface area contributed by atoms with E-state index in [0.717, 1.165) is 0 Å². The van der Waals surface area contributed by atoms with Gasteiger partial charge in [-0.3, -0.25) is 5.32 Å². The van der Waals surface area contributed by atoms with Crippen molar-refractivity contribution >= 4 is 18.1 Å². The van der Waals surface area contributed by atoms with Crippen LogP contribution in [0.5, 0.6) is 0 Å². The van der Waals surface area contributed by atoms with Gasteiger partial charge in [0.2, 0.25) is 5.96 Å². The maximum Gasteiger partial charge on any atom is 0.437 e. The number of carbonyl (C=O) groups is 2. The Balaban J connectivity index is 4.79. The second-order valence-corrected chi connectivity index (χ2v) is 6.22. The molecule has 2 amide bonds. The van der Waals surface area contributed by atoms with Gasteiger partial charge in [-0.05, 0) is 41.5 Å². The Hall–Kier alpha value is -1.83. The van der Waals surface area contributed by atoms with Crippen LogP contribution in [0.15, 0.2) is 4.99 Å². The third-order valence-corrected chi connectivity index (χ3v) is 1.62. The van der Waals surface area contributed by atoms with Crippen LogP contribution in [-0.2, 0) is 9.47 Å². The van der Waals surface area contributed by atoms with Crippen molar-refractivity contribution in [2.75, 3.05) is 13.2 Å². The quantitative estimate of drug-likeness (QED) is 0.525. The van der Waals surface area contributed by atoms with Gasteiger partial charge in [0.05, 0.1) is 6.61 Å². The number of aliphatic hydroxyl groups is 1. The fraction of sp³-hybridized carbons (Fsp3) is 0.769. The van der Waals surface area contributed by atoms with Gasteiger partial charge in [-0.2, -0.15) is 0 Å². The SMILES string of the molecule is CC(C)(C)OC(=O)/N=C(\NCCO)NC(=O)OC(C)(C)C. The summed E-state index contributed by atoms with van der Waals surface area (Å²) in [6.45, 7) is 10.1. The van der Waals surface area contributed by atoms with Crippen LogP contribution in [0.25, 0.3) is 0 Å². The van der Waals surface area contributed by atoms with E-state index in [1.807, 2.05) is 0 Å². The van der Waals surface area contributed by atoms with Crippen LogP contribution in [0.1, 0.15) is 41.5 Å². The van der Waals surface area contributed by atoms with Crippen LogP contribution in [0.3, 0.4) is 0 Å². The molecule has 0 aliphatic rings. The van der Waals surface area contributed by atoms with Crippen LogP contribution >= 0.6 is 0 Å². The molecule has 0 saturated heterocycles. The lowest BCUT2D eigenvalue weighted by Crippen LogP contribution is -2.45. The van der Waals surface area contributed by atoms with E-state index in [2.05, 4.69) is 15.6 Å². The number of rotatable bonds is 2. The summed E-state index contributed by atoms with van der Waals surface area (Å²) in [7, 11) is 0. The Labute approximate surface area is 124 Å². The van der Waals surface area contributed by atoms with Gasteiger partial charge in [0.25, 0.3) is 0 Å². The van der Waals surface area contributed by atoms with E-state index in [9.17, 15) is 9.59 Å². The van der Waals surface area contributed by atoms with Gasteiger partial charge in [-0.1, -0.05) is 0 Å². The molecule has 122 valence electrons. The fourth-order valence-corrected chi connectivity index (χ4v) is 1.06. The highest BCUT2D eigenvalue weighted by Gasteiger charge is 2.20. The van der Waals surface area contributed by atoms with Gasteiger partial charge >= 0.3 is 12.2 Å². The molecule has 0 aliphatic carbocycles. The van der Waals surface area contributed by atoms with Crippen molar-refractivity contribution in [3.05, 3.63) is 0 Å². The molecule has 8 heteroatoms. The zero-order valence-corrected chi connectivity index (χ0v) is 13.4. The van der Waals surface area contributed by atoms with E-state index in [1.54, 1.807) is 41.5 Å². The van der Waals surface area contributed by atoms with E-state index < -0.39 is 23.4 Å². The molecule has 0 aromatic heterocycles. The summed E-state index contributed by atoms with van der Waals surface area (Å²) in [5.41, 5.74) is -1.38. The Morgan fingerprint density at radius 2 is 1.57 bits per heavy atom. The number of nitrogens with one attached hydrogen (secondary N) is 2. The van der Waals surface area contributed by atoms with Crippen molar-refractivity contribution < 1.29 is 24.2 Å². The van der Waals surface area contributed by atoms with E-state index in [0.29, 0.717) is 0 Å². The third-order valence-electron chi connectivity index (χ3n) is 1.62. The van der Waals surface area contributed by atoms with Crippen LogP contribution in [-0.4, -0.2) is 47.6 Å². The summed E-state index contributed by atoms with van der Waals surface area (Å²) >= 11 is 0. The zero-order valence-electron chi connectivity index (χ0n) is 13.4. The first-order valence-corrected chi connectivity index (χ1v) is 6.59. The smallest absolute Gasteiger partial charge is 0.437 e. The first-order chi connectivity index (χ1) is 9.43. The number of aliphatic imine (C=N–C) groups is 1. The molecule has 0 saturated carbocycles. The van der Waals surface area contributed by atoms with Gasteiger partial charge in [0.15, 0.2) is 0 Å². The lowest BCUT2D eigenvalue weighted by Gasteiger charge is -2.21. The van der Waals surface area contributed by atoms with Crippen molar-refractivity contribution in [3.63, 3.8) is 0 Å². The predicted octanol–water partition coefficient (Wildman–Crippen LogP) is 1.38. The molecule has 0 heterocycles. The van der Waals surface area contributed by atoms with E-state index >= 15 is 0 Å². The minimum Gasteiger partial charge on any atom is -0.444 e. The largest absolute Gasteiger partial charge is 0.444 e. The first kappa shape index (κ1) is 19.2. The maximum atomic E-state index is 11.6. The average Bonchev–Trinajstić information content (AvgIpc) is 2.20. The number of amides is 2. The molecule has 0 fully saturated rings. The van der Waals surface area contributed by atoms with E-state index in [-0.39, 0.29) is 19.1 Å². The summed E-state index contributed by atoms with van der Waals surface area (Å²) in [4.78, 5) is 26.8. The molecule has 0 aliphatic heterocycles. The van der Waals surface area contributed by atoms with Crippen molar-refractivity contribution in [1.82, 2.24) is 10.6 Å². The normalized spacial score (nSPS) is 12.6. The number of ether oxygens (including phenoxy) is 2. The number of hydrogen-bond donors (Lipinski definition) is 3. The highest BCUT2D eigenvalue weighted by molar-refractivity contribution is 5.98. The minimum absolute atomic E-state index is 0.109. The molecule has 0 bridgehead atoms.